The van der Waals surface area contributed by atoms with Crippen LogP contribution in [-0.4, -0.2) is 45.3 Å². The molecule has 3 aromatic rings. The zero-order valence-corrected chi connectivity index (χ0v) is 18.8. The van der Waals surface area contributed by atoms with E-state index in [2.05, 4.69) is 25.9 Å². The van der Waals surface area contributed by atoms with Crippen LogP contribution in [0.3, 0.4) is 0 Å². The van der Waals surface area contributed by atoms with Crippen molar-refractivity contribution in [3.63, 3.8) is 0 Å². The molecule has 6 nitrogen and oxygen atoms in total. The van der Waals surface area contributed by atoms with Gasteiger partial charge < -0.3 is 14.5 Å². The number of aromatic nitrogens is 2. The molecule has 3 saturated heterocycles. The predicted molar refractivity (Wildman–Crippen MR) is 117 cm³/mol. The van der Waals surface area contributed by atoms with Gasteiger partial charge in [-0.2, -0.15) is 5.10 Å². The van der Waals surface area contributed by atoms with Crippen molar-refractivity contribution < 1.29 is 18.3 Å². The number of halogens is 3. The van der Waals surface area contributed by atoms with Crippen LogP contribution in [0.1, 0.15) is 37.3 Å². The fourth-order valence-electron chi connectivity index (χ4n) is 5.45. The minimum Gasteiger partial charge on any atom is -0.356 e. The number of piperidine rings is 1. The minimum atomic E-state index is -0.871. The first kappa shape index (κ1) is 20.1. The monoisotopic (exact) mass is 502 g/mol. The summed E-state index contributed by atoms with van der Waals surface area (Å²) in [5.74, 6) is -0.339. The number of pyridine rings is 1. The topological polar surface area (TPSA) is 50.1 Å². The molecule has 0 N–H and O–H groups in total. The van der Waals surface area contributed by atoms with Crippen LogP contribution in [0.5, 0.6) is 0 Å². The summed E-state index contributed by atoms with van der Waals surface area (Å²) in [5, 5.41) is 4.44. The molecule has 32 heavy (non-hydrogen) atoms. The molecular weight excluding hydrogens is 482 g/mol. The van der Waals surface area contributed by atoms with Crippen LogP contribution in [0.15, 0.2) is 47.1 Å². The number of carbonyl (C=O) groups is 1. The van der Waals surface area contributed by atoms with E-state index in [0.717, 1.165) is 21.9 Å². The van der Waals surface area contributed by atoms with Gasteiger partial charge >= 0.3 is 0 Å². The van der Waals surface area contributed by atoms with E-state index in [1.54, 1.807) is 11.1 Å². The van der Waals surface area contributed by atoms with Crippen molar-refractivity contribution in [1.29, 1.82) is 0 Å². The van der Waals surface area contributed by atoms with Crippen molar-refractivity contribution >= 4 is 33.2 Å². The second-order valence-corrected chi connectivity index (χ2v) is 9.58. The smallest absolute Gasteiger partial charge is 0.257 e. The molecule has 1 aromatic carbocycles. The molecule has 2 unspecified atom stereocenters. The van der Waals surface area contributed by atoms with Gasteiger partial charge in [-0.3, -0.25) is 4.79 Å². The first-order valence-electron chi connectivity index (χ1n) is 10.8. The molecule has 166 valence electrons. The van der Waals surface area contributed by atoms with Crippen LogP contribution in [-0.2, 0) is 9.53 Å². The van der Waals surface area contributed by atoms with Gasteiger partial charge in [0.1, 0.15) is 23.7 Å². The Morgan fingerprint density at radius 3 is 2.56 bits per heavy atom. The fourth-order valence-corrected chi connectivity index (χ4v) is 5.88. The first-order chi connectivity index (χ1) is 15.4. The second-order valence-electron chi connectivity index (χ2n) is 8.73. The lowest BCUT2D eigenvalue weighted by molar-refractivity contribution is -0.140. The van der Waals surface area contributed by atoms with Gasteiger partial charge in [0.15, 0.2) is 5.60 Å². The molecule has 0 aliphatic carbocycles. The number of fused-ring (bicyclic) bond motifs is 2. The fraction of sp³-hybridized carbons (Fsp3) is 0.391. The van der Waals surface area contributed by atoms with E-state index in [9.17, 15) is 13.6 Å². The zero-order valence-electron chi connectivity index (χ0n) is 17.2. The molecule has 0 saturated carbocycles. The van der Waals surface area contributed by atoms with E-state index >= 15 is 0 Å². The number of ether oxygens (including phenoxy) is 1. The highest BCUT2D eigenvalue weighted by Crippen LogP contribution is 2.48. The van der Waals surface area contributed by atoms with Gasteiger partial charge in [0.2, 0.25) is 0 Å². The number of rotatable bonds is 2. The van der Waals surface area contributed by atoms with E-state index in [4.69, 9.17) is 4.74 Å². The number of nitrogens with zero attached hydrogens (tertiary/aromatic N) is 4. The Balaban J connectivity index is 1.24. The van der Waals surface area contributed by atoms with Crippen molar-refractivity contribution in [2.24, 2.45) is 0 Å². The van der Waals surface area contributed by atoms with Crippen molar-refractivity contribution in [2.75, 3.05) is 18.0 Å². The van der Waals surface area contributed by atoms with Gasteiger partial charge in [-0.25, -0.2) is 13.3 Å². The van der Waals surface area contributed by atoms with Crippen molar-refractivity contribution in [1.82, 2.24) is 14.5 Å². The maximum Gasteiger partial charge on any atom is 0.257 e. The van der Waals surface area contributed by atoms with Crippen LogP contribution in [0.2, 0.25) is 0 Å². The largest absolute Gasteiger partial charge is 0.356 e. The summed E-state index contributed by atoms with van der Waals surface area (Å²) in [4.78, 5) is 17.5. The normalized spacial score (nSPS) is 24.7. The molecule has 3 aliphatic rings. The molecule has 3 aliphatic heterocycles. The lowest BCUT2D eigenvalue weighted by Gasteiger charge is -2.38. The Hall–Kier alpha value is -2.52. The Morgan fingerprint density at radius 2 is 1.81 bits per heavy atom. The predicted octanol–water partition coefficient (Wildman–Crippen LogP) is 4.43. The van der Waals surface area contributed by atoms with Crippen molar-refractivity contribution in [3.8, 4) is 0 Å². The van der Waals surface area contributed by atoms with E-state index in [1.807, 2.05) is 22.7 Å². The SMILES string of the molecule is O=C1N2C(CCC2c2cc(F)cc(F)c2)OC12CCN(c1ccc(Br)c3ccnn13)CC2. The average Bonchev–Trinajstić information content (AvgIpc) is 3.46. The van der Waals surface area contributed by atoms with Gasteiger partial charge in [-0.1, -0.05) is 0 Å². The van der Waals surface area contributed by atoms with Crippen LogP contribution in [0.4, 0.5) is 14.6 Å². The number of anilines is 1. The lowest BCUT2D eigenvalue weighted by atomic mass is 9.89. The maximum absolute atomic E-state index is 13.8. The average molecular weight is 503 g/mol. The van der Waals surface area contributed by atoms with Gasteiger partial charge in [0.25, 0.3) is 5.91 Å². The number of hydrogen-bond donors (Lipinski definition) is 0. The van der Waals surface area contributed by atoms with Crippen LogP contribution < -0.4 is 4.90 Å². The highest BCUT2D eigenvalue weighted by Gasteiger charge is 2.58. The summed E-state index contributed by atoms with van der Waals surface area (Å²) in [6, 6.07) is 9.12. The van der Waals surface area contributed by atoms with E-state index in [-0.39, 0.29) is 18.2 Å². The zero-order chi connectivity index (χ0) is 22.0. The molecular formula is C23H21BrF2N4O2. The van der Waals surface area contributed by atoms with Crippen LogP contribution in [0.25, 0.3) is 5.52 Å². The van der Waals surface area contributed by atoms with E-state index in [0.29, 0.717) is 44.3 Å². The third kappa shape index (κ3) is 2.97. The van der Waals surface area contributed by atoms with Crippen LogP contribution >= 0.6 is 15.9 Å². The van der Waals surface area contributed by atoms with E-state index in [1.165, 1.54) is 12.1 Å². The third-order valence-electron chi connectivity index (χ3n) is 6.97. The van der Waals surface area contributed by atoms with Crippen molar-refractivity contribution in [3.05, 3.63) is 64.3 Å². The molecule has 9 heteroatoms. The summed E-state index contributed by atoms with van der Waals surface area (Å²) < 4.78 is 36.8. The summed E-state index contributed by atoms with van der Waals surface area (Å²) in [7, 11) is 0. The molecule has 0 radical (unpaired) electrons. The standard InChI is InChI=1S/C23H21BrF2N4O2/c24-17-1-3-20(30-19(17)5-8-27-30)28-9-6-23(7-10-28)22(31)29-18(2-4-21(29)32-23)14-11-15(25)13-16(26)12-14/h1,3,5,8,11-13,18,21H,2,4,6-7,9-10H2. The molecule has 2 aromatic heterocycles. The lowest BCUT2D eigenvalue weighted by Crippen LogP contribution is -2.50. The van der Waals surface area contributed by atoms with Crippen molar-refractivity contribution in [2.45, 2.75) is 43.6 Å². The number of carbonyl (C=O) groups excluding carboxylic acids is 1. The quantitative estimate of drug-likeness (QED) is 0.519. The van der Waals surface area contributed by atoms with Gasteiger partial charge in [-0.15, -0.1) is 0 Å². The number of amides is 1. The first-order valence-corrected chi connectivity index (χ1v) is 11.6. The summed E-state index contributed by atoms with van der Waals surface area (Å²) in [6.45, 7) is 1.31. The summed E-state index contributed by atoms with van der Waals surface area (Å²) in [5.41, 5.74) is 0.610. The van der Waals surface area contributed by atoms with Gasteiger partial charge in [-0.05, 0) is 64.7 Å². The molecule has 2 atom stereocenters. The van der Waals surface area contributed by atoms with Gasteiger partial charge in [0, 0.05) is 36.5 Å². The molecule has 3 fully saturated rings. The van der Waals surface area contributed by atoms with Gasteiger partial charge in [0.05, 0.1) is 17.8 Å². The maximum atomic E-state index is 13.8. The molecule has 6 rings (SSSR count). The Morgan fingerprint density at radius 1 is 1.06 bits per heavy atom. The number of hydrogen-bond acceptors (Lipinski definition) is 4. The molecule has 1 amide bonds. The second kappa shape index (κ2) is 7.25. The minimum absolute atomic E-state index is 0.0608. The number of benzene rings is 1. The summed E-state index contributed by atoms with van der Waals surface area (Å²) >= 11 is 3.56. The third-order valence-corrected chi connectivity index (χ3v) is 7.64. The Labute approximate surface area is 191 Å². The Bertz CT molecular complexity index is 1200. The highest BCUT2D eigenvalue weighted by atomic mass is 79.9. The Kier molecular flexibility index (Phi) is 4.55. The molecule has 0 bridgehead atoms. The highest BCUT2D eigenvalue weighted by molar-refractivity contribution is 9.10. The van der Waals surface area contributed by atoms with E-state index < -0.39 is 17.2 Å². The molecule has 5 heterocycles. The summed E-state index contributed by atoms with van der Waals surface area (Å²) in [6.07, 6.45) is 3.85. The molecule has 1 spiro atoms. The van der Waals surface area contributed by atoms with Crippen LogP contribution in [0, 0.1) is 11.6 Å².